The third-order valence-electron chi connectivity index (χ3n) is 3.38. The van der Waals surface area contributed by atoms with Crippen molar-refractivity contribution in [2.45, 2.75) is 13.8 Å². The maximum atomic E-state index is 12.2. The Morgan fingerprint density at radius 3 is 2.50 bits per heavy atom. The van der Waals surface area contributed by atoms with Crippen LogP contribution in [0.5, 0.6) is 0 Å². The van der Waals surface area contributed by atoms with Crippen molar-refractivity contribution in [2.75, 3.05) is 11.9 Å². The number of nitrogens with two attached hydrogens (primary N) is 1. The lowest BCUT2D eigenvalue weighted by Gasteiger charge is -2.05. The highest BCUT2D eigenvalue weighted by Crippen LogP contribution is 2.33. The fourth-order valence-electron chi connectivity index (χ4n) is 2.18. The summed E-state index contributed by atoms with van der Waals surface area (Å²) in [6.45, 7) is 3.42. The predicted octanol–water partition coefficient (Wildman–Crippen LogP) is 3.64. The van der Waals surface area contributed by atoms with Crippen molar-refractivity contribution >= 4 is 51.8 Å². The second kappa shape index (κ2) is 8.64. The van der Waals surface area contributed by atoms with Crippen molar-refractivity contribution in [3.63, 3.8) is 0 Å². The van der Waals surface area contributed by atoms with E-state index in [0.29, 0.717) is 10.6 Å². The zero-order valence-corrected chi connectivity index (χ0v) is 15.7. The Morgan fingerprint density at radius 2 is 1.92 bits per heavy atom. The van der Waals surface area contributed by atoms with Crippen LogP contribution in [-0.2, 0) is 9.53 Å². The van der Waals surface area contributed by atoms with E-state index in [1.54, 1.807) is 44.2 Å². The van der Waals surface area contributed by atoms with E-state index < -0.39 is 17.8 Å². The summed E-state index contributed by atoms with van der Waals surface area (Å²) in [5.41, 5.74) is 6.64. The Hall–Kier alpha value is -2.64. The van der Waals surface area contributed by atoms with Crippen LogP contribution in [0.1, 0.15) is 38.1 Å². The van der Waals surface area contributed by atoms with Crippen molar-refractivity contribution in [2.24, 2.45) is 5.73 Å². The predicted molar refractivity (Wildman–Crippen MR) is 103 cm³/mol. The van der Waals surface area contributed by atoms with E-state index in [-0.39, 0.29) is 22.0 Å². The number of halogens is 1. The van der Waals surface area contributed by atoms with Crippen molar-refractivity contribution in [1.29, 1.82) is 0 Å². The molecule has 0 radical (unpaired) electrons. The zero-order chi connectivity index (χ0) is 19.3. The molecule has 8 heteroatoms. The molecule has 26 heavy (non-hydrogen) atoms. The summed E-state index contributed by atoms with van der Waals surface area (Å²) in [7, 11) is 0. The van der Waals surface area contributed by atoms with Gasteiger partial charge in [-0.25, -0.2) is 4.79 Å². The fourth-order valence-corrected chi connectivity index (χ4v) is 3.36. The van der Waals surface area contributed by atoms with Gasteiger partial charge in [0.1, 0.15) is 5.00 Å². The van der Waals surface area contributed by atoms with Gasteiger partial charge in [0.2, 0.25) is 5.91 Å². The third-order valence-corrected chi connectivity index (χ3v) is 4.86. The molecule has 6 nitrogen and oxygen atoms in total. The molecular formula is C18H17ClN2O4S. The third kappa shape index (κ3) is 4.71. The van der Waals surface area contributed by atoms with Crippen molar-refractivity contribution < 1.29 is 19.1 Å². The first-order chi connectivity index (χ1) is 12.3. The fraction of sp³-hybridized carbons (Fsp3) is 0.167. The number of amides is 2. The molecule has 0 aliphatic carbocycles. The van der Waals surface area contributed by atoms with E-state index in [1.165, 1.54) is 6.08 Å². The Morgan fingerprint density at radius 1 is 1.27 bits per heavy atom. The summed E-state index contributed by atoms with van der Waals surface area (Å²) in [6, 6.07) is 6.94. The number of benzene rings is 1. The number of hydrogen-bond acceptors (Lipinski definition) is 5. The lowest BCUT2D eigenvalue weighted by Crippen LogP contribution is -2.13. The number of ether oxygens (including phenoxy) is 1. The maximum absolute atomic E-state index is 12.2. The normalized spacial score (nSPS) is 10.7. The molecule has 2 rings (SSSR count). The summed E-state index contributed by atoms with van der Waals surface area (Å²) in [5.74, 6) is -1.75. The average Bonchev–Trinajstić information content (AvgIpc) is 2.91. The molecular weight excluding hydrogens is 376 g/mol. The van der Waals surface area contributed by atoms with Gasteiger partial charge in [0.15, 0.2) is 0 Å². The molecule has 1 aromatic heterocycles. The zero-order valence-electron chi connectivity index (χ0n) is 14.2. The van der Waals surface area contributed by atoms with Gasteiger partial charge in [-0.15, -0.1) is 11.3 Å². The van der Waals surface area contributed by atoms with Gasteiger partial charge in [0.05, 0.1) is 17.0 Å². The Bertz CT molecular complexity index is 872. The minimum Gasteiger partial charge on any atom is -0.462 e. The minimum atomic E-state index is -0.671. The first-order valence-corrected chi connectivity index (χ1v) is 8.87. The number of carbonyl (C=O) groups excluding carboxylic acids is 3. The average molecular weight is 393 g/mol. The topological polar surface area (TPSA) is 98.5 Å². The van der Waals surface area contributed by atoms with Gasteiger partial charge in [-0.2, -0.15) is 0 Å². The van der Waals surface area contributed by atoms with Gasteiger partial charge in [-0.3, -0.25) is 9.59 Å². The summed E-state index contributed by atoms with van der Waals surface area (Å²) in [6.07, 6.45) is 2.92. The molecule has 3 N–H and O–H groups in total. The molecule has 0 saturated heterocycles. The highest BCUT2D eigenvalue weighted by atomic mass is 35.5. The highest BCUT2D eigenvalue weighted by molar-refractivity contribution is 7.18. The van der Waals surface area contributed by atoms with Gasteiger partial charge in [0, 0.05) is 11.1 Å². The Labute approximate surface area is 159 Å². The molecule has 136 valence electrons. The van der Waals surface area contributed by atoms with Crippen LogP contribution in [0.4, 0.5) is 5.00 Å². The molecule has 0 atom stereocenters. The van der Waals surface area contributed by atoms with E-state index in [4.69, 9.17) is 22.1 Å². The number of hydrogen-bond donors (Lipinski definition) is 2. The van der Waals surface area contributed by atoms with Gasteiger partial charge in [0.25, 0.3) is 5.91 Å². The summed E-state index contributed by atoms with van der Waals surface area (Å²) < 4.78 is 5.00. The number of anilines is 1. The van der Waals surface area contributed by atoms with Crippen LogP contribution >= 0.6 is 22.9 Å². The van der Waals surface area contributed by atoms with Crippen LogP contribution in [0.3, 0.4) is 0 Å². The van der Waals surface area contributed by atoms with Crippen molar-refractivity contribution in [1.82, 2.24) is 0 Å². The van der Waals surface area contributed by atoms with E-state index in [9.17, 15) is 14.4 Å². The monoisotopic (exact) mass is 392 g/mol. The van der Waals surface area contributed by atoms with E-state index in [2.05, 4.69) is 5.32 Å². The molecule has 0 unspecified atom stereocenters. The van der Waals surface area contributed by atoms with Crippen LogP contribution in [0.25, 0.3) is 6.08 Å². The van der Waals surface area contributed by atoms with Crippen LogP contribution in [0.15, 0.2) is 30.3 Å². The molecule has 1 heterocycles. The van der Waals surface area contributed by atoms with Crippen LogP contribution in [0.2, 0.25) is 5.02 Å². The number of nitrogens with one attached hydrogen (secondary N) is 1. The minimum absolute atomic E-state index is 0.138. The van der Waals surface area contributed by atoms with Crippen LogP contribution in [0, 0.1) is 6.92 Å². The molecule has 0 spiro atoms. The van der Waals surface area contributed by atoms with E-state index in [1.807, 2.05) is 0 Å². The van der Waals surface area contributed by atoms with Crippen molar-refractivity contribution in [3.8, 4) is 0 Å². The number of rotatable bonds is 6. The first kappa shape index (κ1) is 19.7. The van der Waals surface area contributed by atoms with Gasteiger partial charge in [-0.1, -0.05) is 23.7 Å². The molecule has 0 aliphatic rings. The molecule has 0 bridgehead atoms. The van der Waals surface area contributed by atoms with E-state index >= 15 is 0 Å². The number of thiophene rings is 1. The molecule has 2 amide bonds. The van der Waals surface area contributed by atoms with Crippen LogP contribution in [-0.4, -0.2) is 24.4 Å². The molecule has 2 aromatic rings. The summed E-state index contributed by atoms with van der Waals surface area (Å²) in [4.78, 5) is 36.1. The number of primary amides is 1. The lowest BCUT2D eigenvalue weighted by atomic mass is 10.1. The Balaban J connectivity index is 2.25. The van der Waals surface area contributed by atoms with Crippen molar-refractivity contribution in [3.05, 3.63) is 56.9 Å². The largest absolute Gasteiger partial charge is 0.462 e. The molecule has 1 aromatic carbocycles. The quantitative estimate of drug-likeness (QED) is 0.579. The molecule has 0 aliphatic heterocycles. The standard InChI is InChI=1S/C18H17ClN2O4S/c1-3-25-18(24)14-10(2)15(16(20)23)26-17(14)21-13(22)9-6-11-4-7-12(19)8-5-11/h4-9H,3H2,1-2H3,(H2,20,23)(H,21,22)/b9-6-. The maximum Gasteiger partial charge on any atom is 0.341 e. The SMILES string of the molecule is CCOC(=O)c1c(NC(=O)/C=C\c2ccc(Cl)cc2)sc(C(N)=O)c1C. The van der Waals surface area contributed by atoms with Crippen LogP contribution < -0.4 is 11.1 Å². The smallest absolute Gasteiger partial charge is 0.341 e. The lowest BCUT2D eigenvalue weighted by molar-refractivity contribution is -0.111. The molecule has 0 saturated carbocycles. The van der Waals surface area contributed by atoms with Gasteiger partial charge >= 0.3 is 5.97 Å². The first-order valence-electron chi connectivity index (χ1n) is 7.68. The summed E-state index contributed by atoms with van der Waals surface area (Å²) >= 11 is 6.76. The number of esters is 1. The highest BCUT2D eigenvalue weighted by Gasteiger charge is 2.25. The molecule has 0 fully saturated rings. The summed E-state index contributed by atoms with van der Waals surface area (Å²) in [5, 5.41) is 3.42. The van der Waals surface area contributed by atoms with Gasteiger partial charge < -0.3 is 15.8 Å². The number of carbonyl (C=O) groups is 3. The Kier molecular flexibility index (Phi) is 6.54. The van der Waals surface area contributed by atoms with E-state index in [0.717, 1.165) is 16.9 Å². The second-order valence-electron chi connectivity index (χ2n) is 5.22. The van der Waals surface area contributed by atoms with Gasteiger partial charge in [-0.05, 0) is 43.2 Å². The second-order valence-corrected chi connectivity index (χ2v) is 6.68.